The molecular formula is C28H31F4N5O. The number of aromatic nitrogens is 2. The molecule has 1 aromatic heterocycles. The van der Waals surface area contributed by atoms with Crippen LogP contribution in [0.1, 0.15) is 55.0 Å². The first-order valence-electron chi connectivity index (χ1n) is 12.9. The molecule has 10 heteroatoms. The fraction of sp³-hybridized carbons (Fsp3) is 0.429. The largest absolute Gasteiger partial charge is 0.416 e. The van der Waals surface area contributed by atoms with Crippen LogP contribution < -0.4 is 9.80 Å². The molecule has 2 aliphatic rings. The number of anilines is 2. The van der Waals surface area contributed by atoms with E-state index in [4.69, 9.17) is 0 Å². The van der Waals surface area contributed by atoms with Crippen LogP contribution in [0.25, 0.3) is 0 Å². The summed E-state index contributed by atoms with van der Waals surface area (Å²) in [7, 11) is 0. The van der Waals surface area contributed by atoms with Crippen molar-refractivity contribution in [2.24, 2.45) is 0 Å². The molecule has 2 aliphatic heterocycles. The second-order valence-corrected chi connectivity index (χ2v) is 10.3. The molecule has 38 heavy (non-hydrogen) atoms. The first-order valence-corrected chi connectivity index (χ1v) is 12.9. The molecule has 1 saturated heterocycles. The van der Waals surface area contributed by atoms with Gasteiger partial charge >= 0.3 is 12.2 Å². The smallest absolute Gasteiger partial charge is 0.369 e. The van der Waals surface area contributed by atoms with E-state index in [1.54, 1.807) is 21.7 Å². The fourth-order valence-electron chi connectivity index (χ4n) is 5.48. The summed E-state index contributed by atoms with van der Waals surface area (Å²) in [5, 5.41) is 4.58. The lowest BCUT2D eigenvalue weighted by Crippen LogP contribution is -2.54. The number of amides is 2. The number of para-hydroxylation sites is 1. The molecule has 0 radical (unpaired) electrons. The summed E-state index contributed by atoms with van der Waals surface area (Å²) in [6.07, 6.45) is -1.41. The molecule has 0 atom stereocenters. The Bertz CT molecular complexity index is 1310. The van der Waals surface area contributed by atoms with Crippen LogP contribution in [0.4, 0.5) is 33.9 Å². The number of nitrogens with zero attached hydrogens (tertiary/aromatic N) is 5. The highest BCUT2D eigenvalue weighted by Gasteiger charge is 2.40. The number of fused-ring (bicyclic) bond motifs is 1. The number of hydrogen-bond acceptors (Lipinski definition) is 3. The van der Waals surface area contributed by atoms with E-state index in [9.17, 15) is 22.4 Å². The number of carbonyl (C=O) groups is 1. The van der Waals surface area contributed by atoms with Crippen LogP contribution in [0.2, 0.25) is 0 Å². The Labute approximate surface area is 219 Å². The monoisotopic (exact) mass is 529 g/mol. The van der Waals surface area contributed by atoms with E-state index in [1.807, 2.05) is 37.9 Å². The first-order chi connectivity index (χ1) is 18.0. The van der Waals surface area contributed by atoms with E-state index in [0.29, 0.717) is 44.0 Å². The average Bonchev–Trinajstić information content (AvgIpc) is 3.30. The predicted molar refractivity (Wildman–Crippen MR) is 138 cm³/mol. The van der Waals surface area contributed by atoms with Crippen molar-refractivity contribution >= 4 is 17.5 Å². The molecule has 3 heterocycles. The summed E-state index contributed by atoms with van der Waals surface area (Å²) in [5.41, 5.74) is 1.50. The van der Waals surface area contributed by atoms with Gasteiger partial charge in [-0.25, -0.2) is 9.18 Å². The molecule has 5 rings (SSSR count). The van der Waals surface area contributed by atoms with Crippen LogP contribution in [0.3, 0.4) is 0 Å². The third-order valence-electron chi connectivity index (χ3n) is 7.45. The van der Waals surface area contributed by atoms with Gasteiger partial charge in [-0.1, -0.05) is 30.3 Å². The Morgan fingerprint density at radius 3 is 2.42 bits per heavy atom. The number of rotatable bonds is 5. The molecule has 0 aliphatic carbocycles. The van der Waals surface area contributed by atoms with Crippen molar-refractivity contribution < 1.29 is 22.4 Å². The van der Waals surface area contributed by atoms with Gasteiger partial charge in [0.1, 0.15) is 5.82 Å². The molecule has 0 spiro atoms. The van der Waals surface area contributed by atoms with Gasteiger partial charge in [0.2, 0.25) is 0 Å². The van der Waals surface area contributed by atoms with Gasteiger partial charge in [-0.2, -0.15) is 18.3 Å². The molecule has 1 fully saturated rings. The molecule has 3 aromatic rings. The molecule has 0 N–H and O–H groups in total. The topological polar surface area (TPSA) is 44.6 Å². The van der Waals surface area contributed by atoms with Gasteiger partial charge in [-0.05, 0) is 56.9 Å². The zero-order chi connectivity index (χ0) is 27.2. The summed E-state index contributed by atoms with van der Waals surface area (Å²) in [5.74, 6) is 0.133. The third kappa shape index (κ3) is 4.83. The van der Waals surface area contributed by atoms with Crippen LogP contribution in [0, 0.1) is 12.7 Å². The lowest BCUT2D eigenvalue weighted by atomic mass is 10.00. The van der Waals surface area contributed by atoms with Crippen LogP contribution in [-0.2, 0) is 19.3 Å². The summed E-state index contributed by atoms with van der Waals surface area (Å²) < 4.78 is 57.5. The van der Waals surface area contributed by atoms with Crippen molar-refractivity contribution in [3.8, 4) is 0 Å². The maximum Gasteiger partial charge on any atom is 0.416 e. The van der Waals surface area contributed by atoms with Gasteiger partial charge in [0.05, 0.1) is 24.3 Å². The second kappa shape index (κ2) is 9.96. The molecule has 0 bridgehead atoms. The average molecular weight is 530 g/mol. The van der Waals surface area contributed by atoms with Gasteiger partial charge in [-0.15, -0.1) is 0 Å². The molecule has 6 nitrogen and oxygen atoms in total. The quantitative estimate of drug-likeness (QED) is 0.353. The lowest BCUT2D eigenvalue weighted by Gasteiger charge is -2.43. The Balaban J connectivity index is 1.43. The molecule has 0 saturated carbocycles. The third-order valence-corrected chi connectivity index (χ3v) is 7.45. The standard InChI is InChI=1S/C28H31F4N5O/c1-18(2)37-17-21-16-35(22-11-13-34(14-12-22)25-19(3)7-6-10-24(25)29)27(38)36(26(21)33-37)15-20-8-4-5-9-23(20)28(30,31)32/h4-10,17-18,22H,11-16H2,1-3H3. The SMILES string of the molecule is Cc1cccc(F)c1N1CCC(N2Cc3cn(C(C)C)nc3N(Cc3ccccc3C(F)(F)F)C2=O)CC1. The van der Waals surface area contributed by atoms with E-state index in [0.717, 1.165) is 17.2 Å². The van der Waals surface area contributed by atoms with Gasteiger partial charge in [0.25, 0.3) is 0 Å². The molecule has 0 unspecified atom stereocenters. The number of hydrogen-bond donors (Lipinski definition) is 0. The van der Waals surface area contributed by atoms with E-state index >= 15 is 0 Å². The van der Waals surface area contributed by atoms with Crippen LogP contribution >= 0.6 is 0 Å². The molecule has 2 aromatic carbocycles. The maximum atomic E-state index is 14.6. The van der Waals surface area contributed by atoms with Gasteiger partial charge < -0.3 is 9.80 Å². The minimum atomic E-state index is -4.53. The number of halogens is 4. The van der Waals surface area contributed by atoms with Crippen molar-refractivity contribution in [2.75, 3.05) is 22.9 Å². The van der Waals surface area contributed by atoms with E-state index in [2.05, 4.69) is 5.10 Å². The van der Waals surface area contributed by atoms with Gasteiger partial charge in [0.15, 0.2) is 5.82 Å². The van der Waals surface area contributed by atoms with Crippen molar-refractivity contribution in [3.05, 3.63) is 76.7 Å². The number of benzene rings is 2. The molecular weight excluding hydrogens is 498 g/mol. The Morgan fingerprint density at radius 1 is 1.05 bits per heavy atom. The van der Waals surface area contributed by atoms with Gasteiger partial charge in [-0.3, -0.25) is 9.58 Å². The van der Waals surface area contributed by atoms with Crippen LogP contribution in [0.5, 0.6) is 0 Å². The minimum Gasteiger partial charge on any atom is -0.369 e. The Morgan fingerprint density at radius 2 is 1.76 bits per heavy atom. The molecule has 202 valence electrons. The zero-order valence-electron chi connectivity index (χ0n) is 21.7. The number of urea groups is 1. The Hall–Kier alpha value is -3.56. The van der Waals surface area contributed by atoms with Crippen molar-refractivity contribution in [1.82, 2.24) is 14.7 Å². The van der Waals surface area contributed by atoms with E-state index in [-0.39, 0.29) is 36.0 Å². The van der Waals surface area contributed by atoms with Crippen molar-refractivity contribution in [3.63, 3.8) is 0 Å². The summed E-state index contributed by atoms with van der Waals surface area (Å²) >= 11 is 0. The second-order valence-electron chi connectivity index (χ2n) is 10.3. The fourth-order valence-corrected chi connectivity index (χ4v) is 5.48. The van der Waals surface area contributed by atoms with Crippen molar-refractivity contribution in [2.45, 2.75) is 65.0 Å². The predicted octanol–water partition coefficient (Wildman–Crippen LogP) is 6.54. The van der Waals surface area contributed by atoms with Crippen molar-refractivity contribution in [1.29, 1.82) is 0 Å². The zero-order valence-corrected chi connectivity index (χ0v) is 21.7. The van der Waals surface area contributed by atoms with E-state index < -0.39 is 11.7 Å². The lowest BCUT2D eigenvalue weighted by molar-refractivity contribution is -0.138. The van der Waals surface area contributed by atoms with Gasteiger partial charge in [0, 0.05) is 36.9 Å². The summed E-state index contributed by atoms with van der Waals surface area (Å²) in [6, 6.07) is 9.90. The number of carbonyl (C=O) groups excluding carboxylic acids is 1. The highest BCUT2D eigenvalue weighted by Crippen LogP contribution is 2.37. The number of aryl methyl sites for hydroxylation is 1. The number of piperidine rings is 1. The first kappa shape index (κ1) is 26.1. The highest BCUT2D eigenvalue weighted by molar-refractivity contribution is 5.94. The van der Waals surface area contributed by atoms with Crippen LogP contribution in [0.15, 0.2) is 48.7 Å². The number of alkyl halides is 3. The summed E-state index contributed by atoms with van der Waals surface area (Å²) in [6.45, 7) is 7.05. The van der Waals surface area contributed by atoms with E-state index in [1.165, 1.54) is 23.1 Å². The Kier molecular flexibility index (Phi) is 6.83. The normalized spacial score (nSPS) is 16.9. The summed E-state index contributed by atoms with van der Waals surface area (Å²) in [4.78, 5) is 19.0. The minimum absolute atomic E-state index is 0.0186. The maximum absolute atomic E-state index is 14.6. The van der Waals surface area contributed by atoms with Crippen LogP contribution in [-0.4, -0.2) is 39.8 Å². The molecule has 2 amide bonds. The highest BCUT2D eigenvalue weighted by atomic mass is 19.4.